The van der Waals surface area contributed by atoms with Crippen molar-refractivity contribution in [3.63, 3.8) is 0 Å². The highest BCUT2D eigenvalue weighted by molar-refractivity contribution is 5.50. The third-order valence-corrected chi connectivity index (χ3v) is 2.79. The maximum atomic E-state index is 5.66. The maximum absolute atomic E-state index is 5.66. The third kappa shape index (κ3) is 2.82. The van der Waals surface area contributed by atoms with Crippen molar-refractivity contribution < 1.29 is 0 Å². The Morgan fingerprint density at radius 3 is 2.76 bits per heavy atom. The van der Waals surface area contributed by atoms with Gasteiger partial charge >= 0.3 is 0 Å². The van der Waals surface area contributed by atoms with Crippen molar-refractivity contribution in [2.45, 2.75) is 20.0 Å². The first-order valence-corrected chi connectivity index (χ1v) is 5.73. The average Bonchev–Trinajstić information content (AvgIpc) is 2.38. The minimum atomic E-state index is 0.478. The predicted octanol–water partition coefficient (Wildman–Crippen LogP) is 2.46. The summed E-state index contributed by atoms with van der Waals surface area (Å²) in [5.74, 6) is 0. The van der Waals surface area contributed by atoms with Gasteiger partial charge in [-0.1, -0.05) is 24.3 Å². The van der Waals surface area contributed by atoms with E-state index in [-0.39, 0.29) is 0 Å². The van der Waals surface area contributed by atoms with Gasteiger partial charge < -0.3 is 11.1 Å². The Bertz CT molecular complexity index is 494. The Labute approximate surface area is 102 Å². The standard InChI is InChI=1S/C14H17N3/c1-11-5-2-3-7-13(11)17-10-12-6-4-8-16-14(12)9-15/h2-8,17H,9-10,15H2,1H3. The fraction of sp³-hybridized carbons (Fsp3) is 0.214. The molecule has 0 bridgehead atoms. The normalized spacial score (nSPS) is 10.2. The highest BCUT2D eigenvalue weighted by Gasteiger charge is 2.02. The number of pyridine rings is 1. The first kappa shape index (κ1) is 11.6. The van der Waals surface area contributed by atoms with Gasteiger partial charge in [-0.25, -0.2) is 0 Å². The topological polar surface area (TPSA) is 50.9 Å². The molecule has 0 fully saturated rings. The van der Waals surface area contributed by atoms with E-state index in [4.69, 9.17) is 5.73 Å². The van der Waals surface area contributed by atoms with Crippen molar-refractivity contribution in [2.24, 2.45) is 5.73 Å². The highest BCUT2D eigenvalue weighted by Crippen LogP contribution is 2.15. The molecule has 0 aliphatic carbocycles. The van der Waals surface area contributed by atoms with Crippen molar-refractivity contribution in [3.05, 3.63) is 59.4 Å². The van der Waals surface area contributed by atoms with Crippen LogP contribution in [0, 0.1) is 6.92 Å². The van der Waals surface area contributed by atoms with E-state index in [2.05, 4.69) is 35.4 Å². The van der Waals surface area contributed by atoms with Crippen molar-refractivity contribution in [2.75, 3.05) is 5.32 Å². The van der Waals surface area contributed by atoms with Gasteiger partial charge in [0.1, 0.15) is 0 Å². The first-order chi connectivity index (χ1) is 8.31. The number of hydrogen-bond donors (Lipinski definition) is 2. The predicted molar refractivity (Wildman–Crippen MR) is 70.6 cm³/mol. The quantitative estimate of drug-likeness (QED) is 0.843. The second kappa shape index (κ2) is 5.46. The summed E-state index contributed by atoms with van der Waals surface area (Å²) in [5, 5.41) is 3.41. The Kier molecular flexibility index (Phi) is 3.73. The van der Waals surface area contributed by atoms with E-state index in [1.54, 1.807) is 6.20 Å². The minimum Gasteiger partial charge on any atom is -0.381 e. The fourth-order valence-corrected chi connectivity index (χ4v) is 1.78. The molecular formula is C14H17N3. The molecule has 2 aromatic rings. The molecule has 0 radical (unpaired) electrons. The van der Waals surface area contributed by atoms with Gasteiger partial charge in [-0.15, -0.1) is 0 Å². The molecule has 0 atom stereocenters. The fourth-order valence-electron chi connectivity index (χ4n) is 1.78. The summed E-state index contributed by atoms with van der Waals surface area (Å²) in [7, 11) is 0. The van der Waals surface area contributed by atoms with Crippen LogP contribution in [0.5, 0.6) is 0 Å². The summed E-state index contributed by atoms with van der Waals surface area (Å²) in [6.45, 7) is 3.33. The Morgan fingerprint density at radius 2 is 2.00 bits per heavy atom. The number of aryl methyl sites for hydroxylation is 1. The van der Waals surface area contributed by atoms with Gasteiger partial charge in [0.25, 0.3) is 0 Å². The lowest BCUT2D eigenvalue weighted by Crippen LogP contribution is -2.08. The van der Waals surface area contributed by atoms with Crippen molar-refractivity contribution in [3.8, 4) is 0 Å². The second-order valence-electron chi connectivity index (χ2n) is 3.98. The van der Waals surface area contributed by atoms with Crippen LogP contribution < -0.4 is 11.1 Å². The molecule has 2 rings (SSSR count). The van der Waals surface area contributed by atoms with Gasteiger partial charge in [0.2, 0.25) is 0 Å². The van der Waals surface area contributed by atoms with Crippen molar-refractivity contribution in [1.82, 2.24) is 4.98 Å². The van der Waals surface area contributed by atoms with E-state index in [9.17, 15) is 0 Å². The number of hydrogen-bond acceptors (Lipinski definition) is 3. The summed E-state index contributed by atoms with van der Waals surface area (Å²) >= 11 is 0. The van der Waals surface area contributed by atoms with Crippen LogP contribution in [0.2, 0.25) is 0 Å². The maximum Gasteiger partial charge on any atom is 0.0589 e. The molecule has 0 saturated heterocycles. The van der Waals surface area contributed by atoms with Gasteiger partial charge in [-0.05, 0) is 30.2 Å². The number of anilines is 1. The second-order valence-corrected chi connectivity index (χ2v) is 3.98. The number of rotatable bonds is 4. The van der Waals surface area contributed by atoms with Crippen LogP contribution >= 0.6 is 0 Å². The number of para-hydroxylation sites is 1. The van der Waals surface area contributed by atoms with Gasteiger partial charge in [0.05, 0.1) is 5.69 Å². The van der Waals surface area contributed by atoms with Crippen molar-refractivity contribution >= 4 is 5.69 Å². The molecule has 1 aromatic heterocycles. The number of benzene rings is 1. The summed E-state index contributed by atoms with van der Waals surface area (Å²) < 4.78 is 0. The zero-order chi connectivity index (χ0) is 12.1. The van der Waals surface area contributed by atoms with Crippen molar-refractivity contribution in [1.29, 1.82) is 0 Å². The van der Waals surface area contributed by atoms with Crippen LogP contribution in [-0.4, -0.2) is 4.98 Å². The molecule has 0 aliphatic heterocycles. The Balaban J connectivity index is 2.10. The van der Waals surface area contributed by atoms with Crippen LogP contribution in [0.1, 0.15) is 16.8 Å². The lowest BCUT2D eigenvalue weighted by Gasteiger charge is -2.11. The average molecular weight is 227 g/mol. The zero-order valence-corrected chi connectivity index (χ0v) is 9.98. The lowest BCUT2D eigenvalue weighted by atomic mass is 10.1. The number of aromatic nitrogens is 1. The Hall–Kier alpha value is -1.87. The van der Waals surface area contributed by atoms with Gasteiger partial charge in [-0.3, -0.25) is 4.98 Å². The summed E-state index contributed by atoms with van der Waals surface area (Å²) in [6, 6.07) is 12.2. The Morgan fingerprint density at radius 1 is 1.18 bits per heavy atom. The largest absolute Gasteiger partial charge is 0.381 e. The molecule has 3 N–H and O–H groups in total. The molecule has 0 aliphatic rings. The van der Waals surface area contributed by atoms with Crippen LogP contribution in [0.4, 0.5) is 5.69 Å². The van der Waals surface area contributed by atoms with Gasteiger partial charge in [0.15, 0.2) is 0 Å². The molecule has 1 aromatic carbocycles. The number of nitrogens with one attached hydrogen (secondary N) is 1. The highest BCUT2D eigenvalue weighted by atomic mass is 14.9. The monoisotopic (exact) mass is 227 g/mol. The molecule has 1 heterocycles. The smallest absolute Gasteiger partial charge is 0.0589 e. The van der Waals surface area contributed by atoms with E-state index in [1.807, 2.05) is 18.2 Å². The molecule has 0 unspecified atom stereocenters. The molecule has 0 spiro atoms. The van der Waals surface area contributed by atoms with E-state index in [1.165, 1.54) is 5.56 Å². The van der Waals surface area contributed by atoms with Crippen LogP contribution in [0.25, 0.3) is 0 Å². The molecule has 3 nitrogen and oxygen atoms in total. The molecule has 0 amide bonds. The molecular weight excluding hydrogens is 210 g/mol. The SMILES string of the molecule is Cc1ccccc1NCc1cccnc1CN. The lowest BCUT2D eigenvalue weighted by molar-refractivity contribution is 0.939. The number of nitrogens with two attached hydrogens (primary N) is 1. The number of nitrogens with zero attached hydrogens (tertiary/aromatic N) is 1. The van der Waals surface area contributed by atoms with E-state index < -0.39 is 0 Å². The van der Waals surface area contributed by atoms with Crippen LogP contribution in [0.15, 0.2) is 42.6 Å². The van der Waals surface area contributed by atoms with E-state index >= 15 is 0 Å². The summed E-state index contributed by atoms with van der Waals surface area (Å²) in [4.78, 5) is 4.27. The summed E-state index contributed by atoms with van der Waals surface area (Å²) in [6.07, 6.45) is 1.78. The molecule has 0 saturated carbocycles. The first-order valence-electron chi connectivity index (χ1n) is 5.73. The van der Waals surface area contributed by atoms with Crippen LogP contribution in [-0.2, 0) is 13.1 Å². The zero-order valence-electron chi connectivity index (χ0n) is 9.98. The molecule has 88 valence electrons. The third-order valence-electron chi connectivity index (χ3n) is 2.79. The van der Waals surface area contributed by atoms with E-state index in [0.717, 1.165) is 23.5 Å². The summed E-state index contributed by atoms with van der Waals surface area (Å²) in [5.41, 5.74) is 10.2. The van der Waals surface area contributed by atoms with Crippen LogP contribution in [0.3, 0.4) is 0 Å². The van der Waals surface area contributed by atoms with E-state index in [0.29, 0.717) is 6.54 Å². The van der Waals surface area contributed by atoms with Gasteiger partial charge in [-0.2, -0.15) is 0 Å². The molecule has 17 heavy (non-hydrogen) atoms. The molecule has 3 heteroatoms. The van der Waals surface area contributed by atoms with Gasteiger partial charge in [0, 0.05) is 25.0 Å². The minimum absolute atomic E-state index is 0.478.